The van der Waals surface area contributed by atoms with Crippen molar-refractivity contribution in [1.29, 1.82) is 0 Å². The lowest BCUT2D eigenvalue weighted by Gasteiger charge is -2.28. The Balaban J connectivity index is 1.36. The standard InChI is InChI=1S/C33H43NO2Si/c1-33(2,3)28(24-25-29-18-16-19-30(27-35)34-29)17-10-6-4-5-7-15-26-36-37(31-20-11-8-12-21-31)32-22-13-9-14-23-32/h8-9,11-14,16,18-25,27-28,37H,4-7,10,15,17,26H2,1-3H3. The van der Waals surface area contributed by atoms with Gasteiger partial charge in [0.05, 0.1) is 5.69 Å². The fourth-order valence-corrected chi connectivity index (χ4v) is 6.99. The number of nitrogens with zero attached hydrogens (tertiary/aromatic N) is 1. The van der Waals surface area contributed by atoms with Crippen LogP contribution in [0.4, 0.5) is 0 Å². The van der Waals surface area contributed by atoms with Crippen LogP contribution in [0.2, 0.25) is 0 Å². The number of unbranched alkanes of at least 4 members (excludes halogenated alkanes) is 5. The van der Waals surface area contributed by atoms with Crippen molar-refractivity contribution in [3.05, 3.63) is 96.3 Å². The summed E-state index contributed by atoms with van der Waals surface area (Å²) >= 11 is 0. The molecule has 0 aliphatic rings. The molecule has 196 valence electrons. The molecule has 0 amide bonds. The van der Waals surface area contributed by atoms with Gasteiger partial charge in [0.2, 0.25) is 9.04 Å². The molecular weight excluding hydrogens is 470 g/mol. The molecule has 0 saturated carbocycles. The van der Waals surface area contributed by atoms with Gasteiger partial charge < -0.3 is 4.43 Å². The molecule has 0 bridgehead atoms. The second-order valence-corrected chi connectivity index (χ2v) is 13.3. The van der Waals surface area contributed by atoms with E-state index in [0.717, 1.165) is 25.0 Å². The van der Waals surface area contributed by atoms with Gasteiger partial charge in [0.15, 0.2) is 6.29 Å². The largest absolute Gasteiger partial charge is 0.411 e. The molecule has 0 spiro atoms. The third kappa shape index (κ3) is 10.2. The molecule has 1 unspecified atom stereocenters. The highest BCUT2D eigenvalue weighted by Crippen LogP contribution is 2.32. The Morgan fingerprint density at radius 3 is 1.92 bits per heavy atom. The van der Waals surface area contributed by atoms with E-state index in [1.54, 1.807) is 6.07 Å². The number of allylic oxidation sites excluding steroid dienone is 1. The summed E-state index contributed by atoms with van der Waals surface area (Å²) in [6.07, 6.45) is 13.8. The number of hydrogen-bond acceptors (Lipinski definition) is 3. The van der Waals surface area contributed by atoms with E-state index in [-0.39, 0.29) is 5.41 Å². The molecule has 2 aromatic carbocycles. The summed E-state index contributed by atoms with van der Waals surface area (Å²) in [5.41, 5.74) is 1.54. The summed E-state index contributed by atoms with van der Waals surface area (Å²) in [5, 5.41) is 2.70. The Hall–Kier alpha value is -2.82. The Morgan fingerprint density at radius 2 is 1.32 bits per heavy atom. The fraction of sp³-hybridized carbons (Fsp3) is 0.394. The highest BCUT2D eigenvalue weighted by atomic mass is 28.3. The molecule has 1 heterocycles. The lowest BCUT2D eigenvalue weighted by molar-refractivity contribution is 0.111. The Bertz CT molecular complexity index is 1040. The van der Waals surface area contributed by atoms with Crippen molar-refractivity contribution in [2.45, 2.75) is 65.7 Å². The van der Waals surface area contributed by atoms with Gasteiger partial charge in [-0.25, -0.2) is 4.98 Å². The Labute approximate surface area is 225 Å². The predicted molar refractivity (Wildman–Crippen MR) is 159 cm³/mol. The van der Waals surface area contributed by atoms with Gasteiger partial charge in [0, 0.05) is 6.61 Å². The fourth-order valence-electron chi connectivity index (χ4n) is 4.68. The Morgan fingerprint density at radius 1 is 0.757 bits per heavy atom. The molecule has 3 nitrogen and oxygen atoms in total. The molecule has 1 aromatic heterocycles. The van der Waals surface area contributed by atoms with Crippen molar-refractivity contribution >= 4 is 31.8 Å². The molecule has 0 aliphatic carbocycles. The first-order valence-corrected chi connectivity index (χ1v) is 15.4. The van der Waals surface area contributed by atoms with Crippen LogP contribution in [0.5, 0.6) is 0 Å². The van der Waals surface area contributed by atoms with Crippen molar-refractivity contribution in [2.75, 3.05) is 6.61 Å². The van der Waals surface area contributed by atoms with Crippen LogP contribution in [0.3, 0.4) is 0 Å². The van der Waals surface area contributed by atoms with E-state index in [4.69, 9.17) is 4.43 Å². The number of aldehydes is 1. The van der Waals surface area contributed by atoms with Gasteiger partial charge in [0.1, 0.15) is 5.69 Å². The van der Waals surface area contributed by atoms with Gasteiger partial charge in [0.25, 0.3) is 0 Å². The maximum absolute atomic E-state index is 11.0. The van der Waals surface area contributed by atoms with Crippen LogP contribution in [0.25, 0.3) is 6.08 Å². The van der Waals surface area contributed by atoms with Crippen LogP contribution in [0.1, 0.15) is 81.9 Å². The molecule has 4 heteroatoms. The Kier molecular flexibility index (Phi) is 12.0. The molecule has 0 aliphatic heterocycles. The first-order chi connectivity index (χ1) is 18.0. The lowest BCUT2D eigenvalue weighted by Crippen LogP contribution is -2.45. The lowest BCUT2D eigenvalue weighted by atomic mass is 9.77. The van der Waals surface area contributed by atoms with E-state index in [9.17, 15) is 4.79 Å². The minimum atomic E-state index is -1.61. The van der Waals surface area contributed by atoms with Crippen LogP contribution in [-0.4, -0.2) is 26.9 Å². The van der Waals surface area contributed by atoms with Crippen molar-refractivity contribution in [1.82, 2.24) is 4.98 Å². The first kappa shape index (κ1) is 28.7. The van der Waals surface area contributed by atoms with Gasteiger partial charge in [-0.3, -0.25) is 4.79 Å². The summed E-state index contributed by atoms with van der Waals surface area (Å²) < 4.78 is 6.50. The van der Waals surface area contributed by atoms with Crippen LogP contribution in [-0.2, 0) is 4.43 Å². The zero-order valence-corrected chi connectivity index (χ0v) is 24.0. The topological polar surface area (TPSA) is 39.2 Å². The number of pyridine rings is 1. The van der Waals surface area contributed by atoms with E-state index in [0.29, 0.717) is 11.6 Å². The average Bonchev–Trinajstić information content (AvgIpc) is 2.91. The van der Waals surface area contributed by atoms with Gasteiger partial charge >= 0.3 is 0 Å². The first-order valence-electron chi connectivity index (χ1n) is 13.8. The third-order valence-electron chi connectivity index (χ3n) is 6.92. The van der Waals surface area contributed by atoms with Crippen LogP contribution >= 0.6 is 0 Å². The number of hydrogen-bond donors (Lipinski definition) is 0. The van der Waals surface area contributed by atoms with Gasteiger partial charge in [-0.05, 0) is 52.8 Å². The van der Waals surface area contributed by atoms with E-state index >= 15 is 0 Å². The van der Waals surface area contributed by atoms with Crippen molar-refractivity contribution in [3.8, 4) is 0 Å². The van der Waals surface area contributed by atoms with E-state index in [1.807, 2.05) is 12.1 Å². The highest BCUT2D eigenvalue weighted by Gasteiger charge is 2.21. The van der Waals surface area contributed by atoms with Gasteiger partial charge in [-0.15, -0.1) is 0 Å². The summed E-state index contributed by atoms with van der Waals surface area (Å²) in [4.78, 5) is 15.4. The summed E-state index contributed by atoms with van der Waals surface area (Å²) in [6.45, 7) is 7.76. The summed E-state index contributed by atoms with van der Waals surface area (Å²) in [6, 6.07) is 27.0. The molecule has 0 radical (unpaired) electrons. The molecular formula is C33H43NO2Si. The number of carbonyl (C=O) groups is 1. The number of carbonyl (C=O) groups excluding carboxylic acids is 1. The number of rotatable bonds is 15. The zero-order valence-electron chi connectivity index (χ0n) is 22.8. The molecule has 0 N–H and O–H groups in total. The third-order valence-corrected chi connectivity index (χ3v) is 9.47. The predicted octanol–water partition coefficient (Wildman–Crippen LogP) is 6.86. The molecule has 0 saturated heterocycles. The van der Waals surface area contributed by atoms with Crippen LogP contribution < -0.4 is 10.4 Å². The van der Waals surface area contributed by atoms with Crippen molar-refractivity contribution < 1.29 is 9.22 Å². The minimum absolute atomic E-state index is 0.202. The van der Waals surface area contributed by atoms with E-state index < -0.39 is 9.04 Å². The van der Waals surface area contributed by atoms with Gasteiger partial charge in [-0.1, -0.05) is 126 Å². The molecule has 3 aromatic rings. The van der Waals surface area contributed by atoms with Gasteiger partial charge in [-0.2, -0.15) is 0 Å². The molecule has 3 rings (SSSR count). The van der Waals surface area contributed by atoms with Crippen LogP contribution in [0, 0.1) is 11.3 Å². The summed E-state index contributed by atoms with van der Waals surface area (Å²) in [5.74, 6) is 0.487. The smallest absolute Gasteiger partial charge is 0.239 e. The maximum atomic E-state index is 11.0. The van der Waals surface area contributed by atoms with Crippen molar-refractivity contribution in [3.63, 3.8) is 0 Å². The second kappa shape index (κ2) is 15.4. The normalized spacial score (nSPS) is 12.8. The molecule has 37 heavy (non-hydrogen) atoms. The molecule has 1 atom stereocenters. The zero-order chi connectivity index (χ0) is 26.3. The van der Waals surface area contributed by atoms with E-state index in [1.165, 1.54) is 48.9 Å². The maximum Gasteiger partial charge on any atom is 0.239 e. The number of benzene rings is 2. The van der Waals surface area contributed by atoms with Crippen LogP contribution in [0.15, 0.2) is 84.9 Å². The SMILES string of the molecule is CC(C)(C)C(C=Cc1cccc(C=O)n1)CCCCCCCCO[SiH](c1ccccc1)c1ccccc1. The minimum Gasteiger partial charge on any atom is -0.411 e. The quantitative estimate of drug-likeness (QED) is 0.127. The van der Waals surface area contributed by atoms with Crippen molar-refractivity contribution in [2.24, 2.45) is 11.3 Å². The monoisotopic (exact) mass is 513 g/mol. The molecule has 0 fully saturated rings. The average molecular weight is 514 g/mol. The summed E-state index contributed by atoms with van der Waals surface area (Å²) in [7, 11) is -1.61. The highest BCUT2D eigenvalue weighted by molar-refractivity contribution is 6.80. The number of aromatic nitrogens is 1. The van der Waals surface area contributed by atoms with E-state index in [2.05, 4.69) is 98.6 Å². The second-order valence-electron chi connectivity index (χ2n) is 10.9.